The van der Waals surface area contributed by atoms with E-state index in [-0.39, 0.29) is 43.7 Å². The van der Waals surface area contributed by atoms with E-state index in [0.29, 0.717) is 83.6 Å². The molecule has 12 nitrogen and oxygen atoms in total. The molecule has 0 aromatic carbocycles. The lowest BCUT2D eigenvalue weighted by molar-refractivity contribution is -0.154. The van der Waals surface area contributed by atoms with Gasteiger partial charge in [0.1, 0.15) is 17.5 Å². The second-order valence-electron chi connectivity index (χ2n) is 18.7. The molecule has 0 saturated carbocycles. The number of esters is 5. The number of unbranched alkanes of at least 4 members (excludes halogenated alkanes) is 7. The second-order valence-corrected chi connectivity index (χ2v) is 18.7. The third-order valence-corrected chi connectivity index (χ3v) is 11.1. The fourth-order valence-electron chi connectivity index (χ4n) is 6.76. The van der Waals surface area contributed by atoms with Crippen LogP contribution in [0.3, 0.4) is 0 Å². The average molecular weight is 885 g/mol. The first kappa shape index (κ1) is 63.0. The van der Waals surface area contributed by atoms with Crippen LogP contribution in [0.15, 0.2) is 0 Å². The fourth-order valence-corrected chi connectivity index (χ4v) is 6.76. The predicted octanol–water partition coefficient (Wildman–Crippen LogP) is 11.7. The summed E-state index contributed by atoms with van der Waals surface area (Å²) in [4.78, 5) is 84.8. The van der Waals surface area contributed by atoms with Crippen molar-refractivity contribution in [3.8, 4) is 0 Å². The van der Waals surface area contributed by atoms with E-state index in [1.807, 2.05) is 69.2 Å². The summed E-state index contributed by atoms with van der Waals surface area (Å²) in [5.41, 5.74) is -2.02. The Morgan fingerprint density at radius 3 is 0.935 bits per heavy atom. The van der Waals surface area contributed by atoms with Gasteiger partial charge in [-0.3, -0.25) is 33.6 Å². The monoisotopic (exact) mass is 885 g/mol. The van der Waals surface area contributed by atoms with Crippen molar-refractivity contribution in [1.29, 1.82) is 0 Å². The van der Waals surface area contributed by atoms with E-state index in [4.69, 9.17) is 23.7 Å². The molecule has 0 aromatic rings. The van der Waals surface area contributed by atoms with Gasteiger partial charge in [-0.15, -0.1) is 0 Å². The van der Waals surface area contributed by atoms with Gasteiger partial charge in [-0.05, 0) is 141 Å². The fraction of sp³-hybridized carbons (Fsp3) is 0.860. The van der Waals surface area contributed by atoms with Gasteiger partial charge >= 0.3 is 29.8 Å². The Labute approximate surface area is 377 Å². The molecule has 0 amide bonds. The minimum absolute atomic E-state index is 0. The maximum absolute atomic E-state index is 12.7. The molecule has 0 aromatic heterocycles. The van der Waals surface area contributed by atoms with Crippen LogP contribution in [0.1, 0.15) is 219 Å². The van der Waals surface area contributed by atoms with Crippen molar-refractivity contribution in [3.63, 3.8) is 0 Å². The van der Waals surface area contributed by atoms with Crippen LogP contribution in [0.4, 0.5) is 0 Å². The number of carbonyl (C=O) groups is 7. The molecule has 0 saturated heterocycles. The van der Waals surface area contributed by atoms with Crippen molar-refractivity contribution in [3.05, 3.63) is 0 Å². The highest BCUT2D eigenvalue weighted by molar-refractivity contribution is 5.99. The van der Waals surface area contributed by atoms with Crippen LogP contribution in [0.2, 0.25) is 0 Å². The zero-order valence-electron chi connectivity index (χ0n) is 40.9. The normalized spacial score (nSPS) is 12.1. The SMILES string of the molecule is C.CCOC(=O)C(C)(C)CCCCCC(=O)CCCCCC(C)(C)C(=O)OCC.CCOC(=O)C(CCCCC(C)(C)C(=O)OCC)C(=O)CCCCCC(C)(C)C(=O)OCC. The predicted molar refractivity (Wildman–Crippen MR) is 246 cm³/mol. The van der Waals surface area contributed by atoms with E-state index in [1.54, 1.807) is 20.8 Å². The molecule has 0 radical (unpaired) electrons. The third kappa shape index (κ3) is 28.4. The Balaban J connectivity index is -0.00000112. The maximum atomic E-state index is 12.7. The van der Waals surface area contributed by atoms with E-state index < -0.39 is 33.5 Å². The lowest BCUT2D eigenvalue weighted by Gasteiger charge is -2.22. The molecule has 0 fully saturated rings. The molecule has 364 valence electrons. The summed E-state index contributed by atoms with van der Waals surface area (Å²) in [6, 6.07) is 0. The van der Waals surface area contributed by atoms with Gasteiger partial charge < -0.3 is 23.7 Å². The second kappa shape index (κ2) is 34.1. The first-order valence-corrected chi connectivity index (χ1v) is 23.4. The number of rotatable bonds is 34. The molecule has 0 spiro atoms. The Morgan fingerprint density at radius 1 is 0.371 bits per heavy atom. The van der Waals surface area contributed by atoms with Crippen LogP contribution in [-0.4, -0.2) is 74.4 Å². The molecule has 0 N–H and O–H groups in total. The summed E-state index contributed by atoms with van der Waals surface area (Å²) in [5.74, 6) is -1.71. The third-order valence-electron chi connectivity index (χ3n) is 11.1. The van der Waals surface area contributed by atoms with Gasteiger partial charge in [0, 0.05) is 19.3 Å². The van der Waals surface area contributed by atoms with Gasteiger partial charge in [-0.25, -0.2) is 0 Å². The minimum atomic E-state index is -0.758. The Morgan fingerprint density at radius 2 is 0.645 bits per heavy atom. The Kier molecular flexibility index (Phi) is 34.7. The van der Waals surface area contributed by atoms with Gasteiger partial charge in [-0.2, -0.15) is 0 Å². The van der Waals surface area contributed by atoms with Crippen LogP contribution in [-0.2, 0) is 57.2 Å². The van der Waals surface area contributed by atoms with Crippen molar-refractivity contribution >= 4 is 41.4 Å². The number of carbonyl (C=O) groups excluding carboxylic acids is 7. The summed E-state index contributed by atoms with van der Waals surface area (Å²) in [6.07, 6.45) is 14.1. The first-order valence-electron chi connectivity index (χ1n) is 23.4. The summed E-state index contributed by atoms with van der Waals surface area (Å²) >= 11 is 0. The molecule has 12 heteroatoms. The molecule has 1 atom stereocenters. The summed E-state index contributed by atoms with van der Waals surface area (Å²) < 4.78 is 25.5. The molecular formula is C50H92O12. The largest absolute Gasteiger partial charge is 0.466 e. The number of hydrogen-bond acceptors (Lipinski definition) is 12. The zero-order chi connectivity index (χ0) is 47.1. The van der Waals surface area contributed by atoms with E-state index in [2.05, 4.69) is 0 Å². The van der Waals surface area contributed by atoms with E-state index in [9.17, 15) is 33.6 Å². The lowest BCUT2D eigenvalue weighted by atomic mass is 9.85. The standard InChI is InChI=1S/C26H46O7.C23H42O5.CH4/c1-8-31-22(28)20(16-13-15-19-26(6,7)24(30)33-10-3)21(27)17-12-11-14-18-25(4,5)23(29)32-9-2;1-7-27-20(25)22(3,4)17-13-9-11-15-19(24)16-12-10-14-18-23(5,6)21(26)28-8-2;/h20H,8-19H2,1-7H3;7-18H2,1-6H3;1H4. The number of ketones is 2. The molecular weight excluding hydrogens is 793 g/mol. The van der Waals surface area contributed by atoms with Gasteiger partial charge in [-0.1, -0.05) is 58.8 Å². The first-order chi connectivity index (χ1) is 28.5. The highest BCUT2D eigenvalue weighted by atomic mass is 16.5. The number of hydrogen-bond donors (Lipinski definition) is 0. The molecule has 0 aliphatic heterocycles. The van der Waals surface area contributed by atoms with E-state index in [0.717, 1.165) is 70.6 Å². The summed E-state index contributed by atoms with van der Waals surface area (Å²) in [5, 5.41) is 0. The molecule has 1 unspecified atom stereocenters. The van der Waals surface area contributed by atoms with Crippen molar-refractivity contribution < 1.29 is 57.2 Å². The number of ether oxygens (including phenoxy) is 5. The average Bonchev–Trinajstić information content (AvgIpc) is 3.17. The molecule has 0 bridgehead atoms. The molecule has 0 heterocycles. The highest BCUT2D eigenvalue weighted by Crippen LogP contribution is 2.29. The van der Waals surface area contributed by atoms with E-state index in [1.165, 1.54) is 0 Å². The quantitative estimate of drug-likeness (QED) is 0.0260. The van der Waals surface area contributed by atoms with E-state index >= 15 is 0 Å². The molecule has 62 heavy (non-hydrogen) atoms. The van der Waals surface area contributed by atoms with Crippen LogP contribution < -0.4 is 0 Å². The lowest BCUT2D eigenvalue weighted by Crippen LogP contribution is -2.28. The van der Waals surface area contributed by atoms with Crippen molar-refractivity contribution in [1.82, 2.24) is 0 Å². The van der Waals surface area contributed by atoms with Crippen molar-refractivity contribution in [2.45, 2.75) is 219 Å². The van der Waals surface area contributed by atoms with Crippen LogP contribution in [0.25, 0.3) is 0 Å². The molecule has 0 aliphatic rings. The minimum Gasteiger partial charge on any atom is -0.466 e. The summed E-state index contributed by atoms with van der Waals surface area (Å²) in [7, 11) is 0. The van der Waals surface area contributed by atoms with Crippen molar-refractivity contribution in [2.24, 2.45) is 27.6 Å². The van der Waals surface area contributed by atoms with Gasteiger partial charge in [0.2, 0.25) is 0 Å². The molecule has 0 aliphatic carbocycles. The Bertz CT molecular complexity index is 1250. The topological polar surface area (TPSA) is 166 Å². The zero-order valence-corrected chi connectivity index (χ0v) is 40.9. The van der Waals surface area contributed by atoms with Crippen molar-refractivity contribution in [2.75, 3.05) is 33.0 Å². The van der Waals surface area contributed by atoms with Gasteiger partial charge in [0.15, 0.2) is 0 Å². The van der Waals surface area contributed by atoms with Crippen LogP contribution >= 0.6 is 0 Å². The molecule has 0 rings (SSSR count). The van der Waals surface area contributed by atoms with Crippen LogP contribution in [0, 0.1) is 27.6 Å². The summed E-state index contributed by atoms with van der Waals surface area (Å²) in [6.45, 7) is 25.8. The highest BCUT2D eigenvalue weighted by Gasteiger charge is 2.32. The smallest absolute Gasteiger partial charge is 0.316 e. The van der Waals surface area contributed by atoms with Crippen LogP contribution in [0.5, 0.6) is 0 Å². The number of Topliss-reactive ketones (excluding diaryl/α,β-unsaturated/α-hetero) is 2. The van der Waals surface area contributed by atoms with Gasteiger partial charge in [0.05, 0.1) is 54.7 Å². The Hall–Kier alpha value is -3.31. The maximum Gasteiger partial charge on any atom is 0.316 e. The van der Waals surface area contributed by atoms with Gasteiger partial charge in [0.25, 0.3) is 0 Å².